The summed E-state index contributed by atoms with van der Waals surface area (Å²) in [5.41, 5.74) is 0.778. The van der Waals surface area contributed by atoms with E-state index >= 15 is 0 Å². The number of nitrogens with zero attached hydrogens (tertiary/aromatic N) is 1. The van der Waals surface area contributed by atoms with Gasteiger partial charge >= 0.3 is 0 Å². The van der Waals surface area contributed by atoms with Gasteiger partial charge in [-0.1, -0.05) is 29.8 Å². The Kier molecular flexibility index (Phi) is 5.76. The Hall–Kier alpha value is -2.15. The van der Waals surface area contributed by atoms with Crippen LogP contribution in [0.5, 0.6) is 5.75 Å². The molecule has 0 saturated carbocycles. The van der Waals surface area contributed by atoms with Crippen molar-refractivity contribution in [2.45, 2.75) is 12.1 Å². The summed E-state index contributed by atoms with van der Waals surface area (Å²) >= 11 is 6.32. The molecule has 7 heteroatoms. The molecule has 2 atom stereocenters. The number of aliphatic hydroxyl groups excluding tert-OH is 1. The van der Waals surface area contributed by atoms with Gasteiger partial charge in [0.1, 0.15) is 17.7 Å². The lowest BCUT2D eigenvalue weighted by molar-refractivity contribution is -0.0811. The first-order valence-corrected chi connectivity index (χ1v) is 8.56. The molecule has 2 aromatic carbocycles. The number of rotatable bonds is 4. The molecule has 1 N–H and O–H groups in total. The Balaban J connectivity index is 2.05. The van der Waals surface area contributed by atoms with Crippen LogP contribution in [-0.4, -0.2) is 48.9 Å². The summed E-state index contributed by atoms with van der Waals surface area (Å²) in [6, 6.07) is 10.3. The summed E-state index contributed by atoms with van der Waals surface area (Å²) in [7, 11) is 1.42. The number of halogens is 2. The first kappa shape index (κ1) is 18.6. The average molecular weight is 380 g/mol. The van der Waals surface area contributed by atoms with E-state index in [1.54, 1.807) is 29.2 Å². The van der Waals surface area contributed by atoms with E-state index in [9.17, 15) is 14.3 Å². The third-order valence-corrected chi connectivity index (χ3v) is 4.75. The highest BCUT2D eigenvalue weighted by Gasteiger charge is 2.38. The van der Waals surface area contributed by atoms with Crippen molar-refractivity contribution >= 4 is 17.5 Å². The zero-order valence-corrected chi connectivity index (χ0v) is 14.9. The van der Waals surface area contributed by atoms with Crippen LogP contribution in [0.2, 0.25) is 5.02 Å². The predicted octanol–water partition coefficient (Wildman–Crippen LogP) is 3.06. The molecule has 2 aromatic rings. The van der Waals surface area contributed by atoms with Crippen LogP contribution < -0.4 is 4.74 Å². The Morgan fingerprint density at radius 3 is 2.85 bits per heavy atom. The topological polar surface area (TPSA) is 59.0 Å². The van der Waals surface area contributed by atoms with Gasteiger partial charge in [-0.15, -0.1) is 0 Å². The van der Waals surface area contributed by atoms with Crippen LogP contribution in [0.3, 0.4) is 0 Å². The van der Waals surface area contributed by atoms with Crippen molar-refractivity contribution in [1.29, 1.82) is 0 Å². The van der Waals surface area contributed by atoms with Crippen molar-refractivity contribution in [3.8, 4) is 5.75 Å². The van der Waals surface area contributed by atoms with Crippen LogP contribution in [0, 0.1) is 5.82 Å². The zero-order chi connectivity index (χ0) is 18.7. The third kappa shape index (κ3) is 3.53. The Morgan fingerprint density at radius 1 is 1.38 bits per heavy atom. The second-order valence-corrected chi connectivity index (χ2v) is 6.31. The fourth-order valence-electron chi connectivity index (χ4n) is 3.20. The summed E-state index contributed by atoms with van der Waals surface area (Å²) in [5, 5.41) is 10.2. The van der Waals surface area contributed by atoms with Crippen LogP contribution in [0.15, 0.2) is 42.5 Å². The van der Waals surface area contributed by atoms with Crippen molar-refractivity contribution in [2.75, 3.05) is 26.9 Å². The first-order valence-electron chi connectivity index (χ1n) is 8.18. The van der Waals surface area contributed by atoms with E-state index in [1.807, 2.05) is 0 Å². The highest BCUT2D eigenvalue weighted by molar-refractivity contribution is 6.31. The van der Waals surface area contributed by atoms with E-state index in [-0.39, 0.29) is 31.1 Å². The summed E-state index contributed by atoms with van der Waals surface area (Å²) in [5.74, 6) is -0.662. The van der Waals surface area contributed by atoms with Gasteiger partial charge in [0, 0.05) is 11.6 Å². The molecule has 1 aliphatic heterocycles. The molecule has 1 fully saturated rings. The first-order chi connectivity index (χ1) is 12.6. The number of hydrogen-bond donors (Lipinski definition) is 1. The van der Waals surface area contributed by atoms with Gasteiger partial charge in [0.2, 0.25) is 0 Å². The van der Waals surface area contributed by atoms with Crippen LogP contribution in [0.25, 0.3) is 0 Å². The van der Waals surface area contributed by atoms with Crippen LogP contribution >= 0.6 is 11.6 Å². The number of carbonyl (C=O) groups is 1. The molecule has 138 valence electrons. The number of ether oxygens (including phenoxy) is 2. The summed E-state index contributed by atoms with van der Waals surface area (Å²) in [6.07, 6.45) is -0.632. The lowest BCUT2D eigenvalue weighted by Gasteiger charge is -2.41. The summed E-state index contributed by atoms with van der Waals surface area (Å²) in [6.45, 7) is 0.264. The molecule has 1 heterocycles. The standard InChI is InChI=1S/C19H19ClFNO4/c1-25-16-7-6-12(21)10-14(16)19(24)22-8-9-26-17(11-23)18(22)13-4-2-3-5-15(13)20/h2-7,10,17-18,23H,8-9,11H2,1H3/t17-,18-/m0/s1. The van der Waals surface area contributed by atoms with Crippen LogP contribution in [-0.2, 0) is 4.74 Å². The average Bonchev–Trinajstić information content (AvgIpc) is 2.67. The van der Waals surface area contributed by atoms with Gasteiger partial charge in [-0.25, -0.2) is 4.39 Å². The van der Waals surface area contributed by atoms with E-state index in [1.165, 1.54) is 19.2 Å². The number of amides is 1. The summed E-state index contributed by atoms with van der Waals surface area (Å²) in [4.78, 5) is 14.7. The van der Waals surface area contributed by atoms with Crippen molar-refractivity contribution in [3.05, 3.63) is 64.4 Å². The van der Waals surface area contributed by atoms with Gasteiger partial charge in [0.25, 0.3) is 5.91 Å². The lowest BCUT2D eigenvalue weighted by atomic mass is 9.97. The maximum absolute atomic E-state index is 13.7. The largest absolute Gasteiger partial charge is 0.496 e. The van der Waals surface area contributed by atoms with Crippen molar-refractivity contribution in [3.63, 3.8) is 0 Å². The van der Waals surface area contributed by atoms with Gasteiger partial charge < -0.3 is 19.5 Å². The summed E-state index contributed by atoms with van der Waals surface area (Å²) < 4.78 is 24.6. The molecule has 1 saturated heterocycles. The quantitative estimate of drug-likeness (QED) is 0.887. The molecular weight excluding hydrogens is 361 g/mol. The smallest absolute Gasteiger partial charge is 0.258 e. The maximum Gasteiger partial charge on any atom is 0.258 e. The van der Waals surface area contributed by atoms with Crippen molar-refractivity contribution in [1.82, 2.24) is 4.90 Å². The second kappa shape index (κ2) is 8.03. The second-order valence-electron chi connectivity index (χ2n) is 5.90. The monoisotopic (exact) mass is 379 g/mol. The number of benzene rings is 2. The molecule has 0 spiro atoms. The highest BCUT2D eigenvalue weighted by atomic mass is 35.5. The molecule has 0 radical (unpaired) electrons. The van der Waals surface area contributed by atoms with E-state index < -0.39 is 23.9 Å². The molecule has 5 nitrogen and oxygen atoms in total. The molecule has 0 bridgehead atoms. The minimum atomic E-state index is -0.632. The van der Waals surface area contributed by atoms with E-state index in [4.69, 9.17) is 21.1 Å². The predicted molar refractivity (Wildman–Crippen MR) is 95.0 cm³/mol. The van der Waals surface area contributed by atoms with Gasteiger partial charge in [-0.3, -0.25) is 4.79 Å². The Labute approximate surface area is 155 Å². The third-order valence-electron chi connectivity index (χ3n) is 4.41. The maximum atomic E-state index is 13.7. The lowest BCUT2D eigenvalue weighted by Crippen LogP contribution is -2.49. The normalized spacial score (nSPS) is 20.1. The zero-order valence-electron chi connectivity index (χ0n) is 14.2. The van der Waals surface area contributed by atoms with Gasteiger partial charge in [-0.2, -0.15) is 0 Å². The van der Waals surface area contributed by atoms with Gasteiger partial charge in [0.05, 0.1) is 31.9 Å². The van der Waals surface area contributed by atoms with Gasteiger partial charge in [-0.05, 0) is 29.8 Å². The SMILES string of the molecule is COc1ccc(F)cc1C(=O)N1CCO[C@@H](CO)[C@@H]1c1ccccc1Cl. The highest BCUT2D eigenvalue weighted by Crippen LogP contribution is 2.35. The van der Waals surface area contributed by atoms with Crippen molar-refractivity contribution < 1.29 is 23.8 Å². The number of morpholine rings is 1. The van der Waals surface area contributed by atoms with Crippen molar-refractivity contribution in [2.24, 2.45) is 0 Å². The molecule has 1 aliphatic rings. The number of methoxy groups -OCH3 is 1. The molecular formula is C19H19ClFNO4. The Morgan fingerprint density at radius 2 is 2.15 bits per heavy atom. The van der Waals surface area contributed by atoms with E-state index in [2.05, 4.69) is 0 Å². The van der Waals surface area contributed by atoms with Crippen LogP contribution in [0.1, 0.15) is 22.0 Å². The van der Waals surface area contributed by atoms with Crippen LogP contribution in [0.4, 0.5) is 4.39 Å². The molecule has 26 heavy (non-hydrogen) atoms. The number of aliphatic hydroxyl groups is 1. The minimum absolute atomic E-state index is 0.114. The van der Waals surface area contributed by atoms with E-state index in [0.717, 1.165) is 6.07 Å². The van der Waals surface area contributed by atoms with Gasteiger partial charge in [0.15, 0.2) is 0 Å². The molecule has 1 amide bonds. The minimum Gasteiger partial charge on any atom is -0.496 e. The number of carbonyl (C=O) groups excluding carboxylic acids is 1. The molecule has 3 rings (SSSR count). The molecule has 0 aromatic heterocycles. The fraction of sp³-hybridized carbons (Fsp3) is 0.316. The molecule has 0 aliphatic carbocycles. The molecule has 0 unspecified atom stereocenters. The number of hydrogen-bond acceptors (Lipinski definition) is 4. The fourth-order valence-corrected chi connectivity index (χ4v) is 3.45. The van der Waals surface area contributed by atoms with E-state index in [0.29, 0.717) is 10.6 Å². The Bertz CT molecular complexity index is 801.